The Morgan fingerprint density at radius 3 is 2.49 bits per heavy atom. The van der Waals surface area contributed by atoms with Crippen molar-refractivity contribution in [3.05, 3.63) is 77.1 Å². The number of halogens is 1. The number of rotatable bonds is 11. The predicted molar refractivity (Wildman–Crippen MR) is 169 cm³/mol. The Kier molecular flexibility index (Phi) is 11.6. The number of hydrogen-bond donors (Lipinski definition) is 2. The molecule has 2 unspecified atom stereocenters. The number of carbonyl (C=O) groups excluding carboxylic acids is 2. The number of amides is 1. The van der Waals surface area contributed by atoms with Crippen LogP contribution in [0, 0.1) is 29.5 Å². The first kappa shape index (κ1) is 32.9. The molecule has 1 heterocycles. The molecule has 1 saturated carbocycles. The smallest absolute Gasteiger partial charge is 0.309 e. The molecule has 7 heteroatoms. The quantitative estimate of drug-likeness (QED) is 0.231. The van der Waals surface area contributed by atoms with Gasteiger partial charge in [-0.3, -0.25) is 9.59 Å². The van der Waals surface area contributed by atoms with Crippen molar-refractivity contribution in [1.82, 2.24) is 10.6 Å². The molecule has 0 spiro atoms. The molecule has 0 radical (unpaired) electrons. The first-order chi connectivity index (χ1) is 20.5. The number of esters is 1. The van der Waals surface area contributed by atoms with Crippen LogP contribution in [0.3, 0.4) is 0 Å². The Hall–Kier alpha value is -3.03. The second kappa shape index (κ2) is 15.1. The molecule has 234 valence electrons. The molecule has 0 bridgehead atoms. The van der Waals surface area contributed by atoms with E-state index in [4.69, 9.17) is 9.47 Å². The SMILES string of the molecule is C/C=C/c1cc(F)cc(C[C@H](NC(=O)C2CNC2)[C@H](C)C2C[C@@H](OCc3ccccc3)CCCC2C(=O)OC(C)(C)C)c1. The average Bonchev–Trinajstić information content (AvgIpc) is 3.12. The lowest BCUT2D eigenvalue weighted by molar-refractivity contribution is -0.163. The zero-order chi connectivity index (χ0) is 31.0. The van der Waals surface area contributed by atoms with Crippen LogP contribution in [0.5, 0.6) is 0 Å². The molecule has 5 atom stereocenters. The third-order valence-electron chi connectivity index (χ3n) is 8.72. The molecule has 2 aromatic rings. The van der Waals surface area contributed by atoms with E-state index in [1.165, 1.54) is 6.07 Å². The molecule has 1 aliphatic carbocycles. The van der Waals surface area contributed by atoms with Crippen LogP contribution in [-0.2, 0) is 32.1 Å². The van der Waals surface area contributed by atoms with Gasteiger partial charge in [0.05, 0.1) is 24.5 Å². The van der Waals surface area contributed by atoms with E-state index in [9.17, 15) is 14.0 Å². The molecule has 6 nitrogen and oxygen atoms in total. The fourth-order valence-electron chi connectivity index (χ4n) is 6.33. The molecule has 43 heavy (non-hydrogen) atoms. The van der Waals surface area contributed by atoms with E-state index in [-0.39, 0.29) is 53.5 Å². The highest BCUT2D eigenvalue weighted by molar-refractivity contribution is 5.80. The highest BCUT2D eigenvalue weighted by atomic mass is 19.1. The van der Waals surface area contributed by atoms with Crippen LogP contribution in [-0.4, -0.2) is 42.7 Å². The third-order valence-corrected chi connectivity index (χ3v) is 8.72. The van der Waals surface area contributed by atoms with Gasteiger partial charge in [-0.1, -0.05) is 61.9 Å². The molecular formula is C36H49FN2O4. The molecule has 2 aromatic carbocycles. The molecule has 2 fully saturated rings. The van der Waals surface area contributed by atoms with Crippen molar-refractivity contribution < 1.29 is 23.5 Å². The Balaban J connectivity index is 1.63. The Bertz CT molecular complexity index is 1240. The summed E-state index contributed by atoms with van der Waals surface area (Å²) in [4.78, 5) is 27.0. The summed E-state index contributed by atoms with van der Waals surface area (Å²) < 4.78 is 27.1. The maximum absolute atomic E-state index is 14.7. The second-order valence-electron chi connectivity index (χ2n) is 13.3. The van der Waals surface area contributed by atoms with Crippen LogP contribution in [0.15, 0.2) is 54.6 Å². The summed E-state index contributed by atoms with van der Waals surface area (Å²) >= 11 is 0. The van der Waals surface area contributed by atoms with E-state index in [1.807, 2.05) is 64.1 Å². The van der Waals surface area contributed by atoms with Crippen LogP contribution in [0.25, 0.3) is 6.08 Å². The van der Waals surface area contributed by atoms with Gasteiger partial charge < -0.3 is 20.1 Å². The van der Waals surface area contributed by atoms with Gasteiger partial charge in [-0.15, -0.1) is 0 Å². The fourth-order valence-corrected chi connectivity index (χ4v) is 6.33. The lowest BCUT2D eigenvalue weighted by atomic mass is 9.74. The van der Waals surface area contributed by atoms with Crippen molar-refractivity contribution in [2.45, 2.75) is 91.1 Å². The summed E-state index contributed by atoms with van der Waals surface area (Å²) in [6.07, 6.45) is 7.30. The van der Waals surface area contributed by atoms with Crippen LogP contribution in [0.1, 0.15) is 77.0 Å². The molecule has 1 saturated heterocycles. The van der Waals surface area contributed by atoms with Gasteiger partial charge in [0.2, 0.25) is 5.91 Å². The predicted octanol–water partition coefficient (Wildman–Crippen LogP) is 6.48. The fraction of sp³-hybridized carbons (Fsp3) is 0.556. The molecule has 1 amide bonds. The topological polar surface area (TPSA) is 76.7 Å². The molecular weight excluding hydrogens is 543 g/mol. The van der Waals surface area contributed by atoms with E-state index >= 15 is 0 Å². The van der Waals surface area contributed by atoms with Gasteiger partial charge in [0, 0.05) is 19.1 Å². The van der Waals surface area contributed by atoms with Gasteiger partial charge in [-0.2, -0.15) is 0 Å². The highest BCUT2D eigenvalue weighted by Crippen LogP contribution is 2.39. The maximum Gasteiger partial charge on any atom is 0.309 e. The van der Waals surface area contributed by atoms with Gasteiger partial charge in [-0.05, 0) is 94.0 Å². The lowest BCUT2D eigenvalue weighted by Gasteiger charge is -2.38. The van der Waals surface area contributed by atoms with Crippen LogP contribution in [0.4, 0.5) is 4.39 Å². The Morgan fingerprint density at radius 2 is 1.84 bits per heavy atom. The van der Waals surface area contributed by atoms with Gasteiger partial charge in [-0.25, -0.2) is 4.39 Å². The summed E-state index contributed by atoms with van der Waals surface area (Å²) in [7, 11) is 0. The summed E-state index contributed by atoms with van der Waals surface area (Å²) in [5.41, 5.74) is 2.11. The normalized spacial score (nSPS) is 22.8. The largest absolute Gasteiger partial charge is 0.460 e. The van der Waals surface area contributed by atoms with Crippen molar-refractivity contribution in [3.8, 4) is 0 Å². The summed E-state index contributed by atoms with van der Waals surface area (Å²) in [6.45, 7) is 11.5. The van der Waals surface area contributed by atoms with Crippen molar-refractivity contribution in [2.24, 2.45) is 23.7 Å². The van der Waals surface area contributed by atoms with E-state index in [0.29, 0.717) is 39.0 Å². The van der Waals surface area contributed by atoms with Gasteiger partial charge >= 0.3 is 5.97 Å². The van der Waals surface area contributed by atoms with E-state index < -0.39 is 5.60 Å². The number of benzene rings is 2. The van der Waals surface area contributed by atoms with Crippen molar-refractivity contribution >= 4 is 18.0 Å². The average molecular weight is 593 g/mol. The van der Waals surface area contributed by atoms with Crippen LogP contribution in [0.2, 0.25) is 0 Å². The summed E-state index contributed by atoms with van der Waals surface area (Å²) in [5, 5.41) is 6.50. The Labute approximate surface area is 256 Å². The molecule has 0 aromatic heterocycles. The van der Waals surface area contributed by atoms with E-state index in [0.717, 1.165) is 29.5 Å². The molecule has 4 rings (SSSR count). The minimum absolute atomic E-state index is 0.00000171. The van der Waals surface area contributed by atoms with Gasteiger partial charge in [0.1, 0.15) is 11.4 Å². The highest BCUT2D eigenvalue weighted by Gasteiger charge is 2.42. The minimum Gasteiger partial charge on any atom is -0.460 e. The first-order valence-electron chi connectivity index (χ1n) is 15.8. The molecule has 2 aliphatic rings. The molecule has 1 aliphatic heterocycles. The zero-order valence-corrected chi connectivity index (χ0v) is 26.4. The molecule has 2 N–H and O–H groups in total. The second-order valence-corrected chi connectivity index (χ2v) is 13.3. The van der Waals surface area contributed by atoms with Crippen molar-refractivity contribution in [3.63, 3.8) is 0 Å². The number of hydrogen-bond acceptors (Lipinski definition) is 5. The van der Waals surface area contributed by atoms with Crippen molar-refractivity contribution in [2.75, 3.05) is 13.1 Å². The van der Waals surface area contributed by atoms with E-state index in [1.54, 1.807) is 6.07 Å². The zero-order valence-electron chi connectivity index (χ0n) is 26.4. The van der Waals surface area contributed by atoms with E-state index in [2.05, 4.69) is 29.7 Å². The number of nitrogens with one attached hydrogen (secondary N) is 2. The minimum atomic E-state index is -0.601. The van der Waals surface area contributed by atoms with Crippen LogP contribution < -0.4 is 10.6 Å². The number of allylic oxidation sites excluding steroid dienone is 1. The monoisotopic (exact) mass is 592 g/mol. The third kappa shape index (κ3) is 9.73. The first-order valence-corrected chi connectivity index (χ1v) is 15.8. The summed E-state index contributed by atoms with van der Waals surface area (Å²) in [5.74, 6) is -1.09. The van der Waals surface area contributed by atoms with Crippen LogP contribution >= 0.6 is 0 Å². The standard InChI is InChI=1S/C36H49FN2O4/c1-6-11-26-16-27(18-29(37)17-26)19-33(39-34(40)28-21-38-22-28)24(2)32-20-30(42-23-25-12-8-7-9-13-25)14-10-15-31(32)35(41)43-36(3,4)5/h6-9,11-13,16-18,24,28,30-33,38H,10,14-15,19-23H2,1-5H3,(H,39,40)/b11-6+/t24-,30+,31?,32?,33+/m1/s1. The number of carbonyl (C=O) groups is 2. The summed E-state index contributed by atoms with van der Waals surface area (Å²) in [6, 6.07) is 14.9. The van der Waals surface area contributed by atoms with Gasteiger partial charge in [0.15, 0.2) is 0 Å². The Morgan fingerprint density at radius 1 is 1.09 bits per heavy atom. The number of ether oxygens (including phenoxy) is 2. The maximum atomic E-state index is 14.7. The van der Waals surface area contributed by atoms with Gasteiger partial charge in [0.25, 0.3) is 0 Å². The van der Waals surface area contributed by atoms with Crippen molar-refractivity contribution in [1.29, 1.82) is 0 Å². The lowest BCUT2D eigenvalue weighted by Crippen LogP contribution is -2.55.